The summed E-state index contributed by atoms with van der Waals surface area (Å²) in [7, 11) is 0. The molecule has 1 aromatic heterocycles. The molecule has 2 rings (SSSR count). The molecule has 6 nitrogen and oxygen atoms in total. The number of aliphatic hydroxyl groups excluding tert-OH is 1. The monoisotopic (exact) mass is 274 g/mol. The number of rotatable bonds is 6. The van der Waals surface area contributed by atoms with Crippen molar-refractivity contribution in [2.75, 3.05) is 19.7 Å². The summed E-state index contributed by atoms with van der Waals surface area (Å²) in [6, 6.07) is 9.58. The Kier molecular flexibility index (Phi) is 5.14. The fraction of sp³-hybridized carbons (Fsp3) is 0.286. The predicted octanol–water partition coefficient (Wildman–Crippen LogP) is 0.706. The summed E-state index contributed by atoms with van der Waals surface area (Å²) in [5, 5.41) is 18.1. The molecule has 0 aliphatic heterocycles. The Morgan fingerprint density at radius 2 is 1.95 bits per heavy atom. The normalized spacial score (nSPS) is 10.2. The molecule has 0 atom stereocenters. The Hall–Kier alpha value is -2.34. The third kappa shape index (κ3) is 4.10. The van der Waals surface area contributed by atoms with E-state index in [4.69, 9.17) is 5.11 Å². The minimum atomic E-state index is -0.269. The highest BCUT2D eigenvalue weighted by molar-refractivity contribution is 5.73. The van der Waals surface area contributed by atoms with Crippen LogP contribution in [0.3, 0.4) is 0 Å². The SMILES string of the molecule is O=C(NCCO)NCCc1cnn(-c2ccccc2)c1. The average molecular weight is 274 g/mol. The molecule has 0 unspecified atom stereocenters. The fourth-order valence-corrected chi connectivity index (χ4v) is 1.76. The van der Waals surface area contributed by atoms with Crippen molar-refractivity contribution in [3.63, 3.8) is 0 Å². The second-order valence-corrected chi connectivity index (χ2v) is 4.28. The number of amides is 2. The summed E-state index contributed by atoms with van der Waals surface area (Å²) in [6.07, 6.45) is 4.45. The van der Waals surface area contributed by atoms with Crippen LogP contribution in [0, 0.1) is 0 Å². The number of hydrogen-bond donors (Lipinski definition) is 3. The van der Waals surface area contributed by atoms with E-state index in [1.165, 1.54) is 0 Å². The number of aromatic nitrogens is 2. The standard InChI is InChI=1S/C14H18N4O2/c19-9-8-16-14(20)15-7-6-12-10-17-18(11-12)13-4-2-1-3-5-13/h1-5,10-11,19H,6-9H2,(H2,15,16,20). The zero-order valence-electron chi connectivity index (χ0n) is 11.1. The lowest BCUT2D eigenvalue weighted by atomic mass is 10.2. The van der Waals surface area contributed by atoms with Crippen LogP contribution in [0.5, 0.6) is 0 Å². The van der Waals surface area contributed by atoms with E-state index in [0.717, 1.165) is 11.3 Å². The predicted molar refractivity (Wildman–Crippen MR) is 75.8 cm³/mol. The Morgan fingerprint density at radius 3 is 2.70 bits per heavy atom. The molecule has 0 saturated carbocycles. The quantitative estimate of drug-likeness (QED) is 0.725. The summed E-state index contributed by atoms with van der Waals surface area (Å²) in [6.45, 7) is 0.729. The Bertz CT molecular complexity index is 539. The molecule has 0 aliphatic carbocycles. The van der Waals surface area contributed by atoms with Crippen LogP contribution in [-0.2, 0) is 6.42 Å². The number of para-hydroxylation sites is 1. The molecular weight excluding hydrogens is 256 g/mol. The third-order valence-electron chi connectivity index (χ3n) is 2.75. The maximum absolute atomic E-state index is 11.3. The number of hydrogen-bond acceptors (Lipinski definition) is 3. The van der Waals surface area contributed by atoms with Gasteiger partial charge in [-0.2, -0.15) is 5.10 Å². The lowest BCUT2D eigenvalue weighted by Crippen LogP contribution is -2.37. The summed E-state index contributed by atoms with van der Waals surface area (Å²) >= 11 is 0. The topological polar surface area (TPSA) is 79.2 Å². The first kappa shape index (κ1) is 14.1. The number of nitrogens with one attached hydrogen (secondary N) is 2. The second kappa shape index (κ2) is 7.30. The average Bonchev–Trinajstić information content (AvgIpc) is 2.95. The van der Waals surface area contributed by atoms with E-state index in [0.29, 0.717) is 13.0 Å². The Morgan fingerprint density at radius 1 is 1.20 bits per heavy atom. The number of nitrogens with zero attached hydrogens (tertiary/aromatic N) is 2. The highest BCUT2D eigenvalue weighted by Crippen LogP contribution is 2.07. The first-order valence-corrected chi connectivity index (χ1v) is 6.51. The summed E-state index contributed by atoms with van der Waals surface area (Å²) in [5.41, 5.74) is 2.06. The van der Waals surface area contributed by atoms with Crippen molar-refractivity contribution in [3.8, 4) is 5.69 Å². The summed E-state index contributed by atoms with van der Waals surface area (Å²) in [4.78, 5) is 11.3. The smallest absolute Gasteiger partial charge is 0.314 e. The number of carbonyl (C=O) groups is 1. The lowest BCUT2D eigenvalue weighted by Gasteiger charge is -2.05. The van der Waals surface area contributed by atoms with Crippen LogP contribution in [-0.4, -0.2) is 40.6 Å². The number of urea groups is 1. The molecule has 106 valence electrons. The van der Waals surface area contributed by atoms with Crippen molar-refractivity contribution in [1.29, 1.82) is 0 Å². The van der Waals surface area contributed by atoms with Crippen LogP contribution in [0.2, 0.25) is 0 Å². The van der Waals surface area contributed by atoms with E-state index in [2.05, 4.69) is 15.7 Å². The van der Waals surface area contributed by atoms with Crippen molar-refractivity contribution in [2.24, 2.45) is 0 Å². The second-order valence-electron chi connectivity index (χ2n) is 4.28. The molecule has 0 aliphatic rings. The molecule has 2 aromatic rings. The van der Waals surface area contributed by atoms with Crippen LogP contribution < -0.4 is 10.6 Å². The van der Waals surface area contributed by atoms with Crippen molar-refractivity contribution in [3.05, 3.63) is 48.3 Å². The number of aliphatic hydroxyl groups is 1. The lowest BCUT2D eigenvalue weighted by molar-refractivity contribution is 0.234. The fourth-order valence-electron chi connectivity index (χ4n) is 1.76. The van der Waals surface area contributed by atoms with Gasteiger partial charge in [0.25, 0.3) is 0 Å². The van der Waals surface area contributed by atoms with E-state index >= 15 is 0 Å². The maximum atomic E-state index is 11.3. The molecule has 1 heterocycles. The third-order valence-corrected chi connectivity index (χ3v) is 2.75. The Balaban J connectivity index is 1.80. The highest BCUT2D eigenvalue weighted by atomic mass is 16.3. The molecule has 6 heteroatoms. The molecule has 2 amide bonds. The van der Waals surface area contributed by atoms with Gasteiger partial charge in [-0.1, -0.05) is 18.2 Å². The van der Waals surface area contributed by atoms with Gasteiger partial charge in [0.05, 0.1) is 18.5 Å². The van der Waals surface area contributed by atoms with Gasteiger partial charge in [0.2, 0.25) is 0 Å². The van der Waals surface area contributed by atoms with Crippen LogP contribution >= 0.6 is 0 Å². The zero-order chi connectivity index (χ0) is 14.2. The Labute approximate surface area is 117 Å². The first-order valence-electron chi connectivity index (χ1n) is 6.51. The molecule has 0 radical (unpaired) electrons. The van der Waals surface area contributed by atoms with Crippen LogP contribution in [0.15, 0.2) is 42.7 Å². The van der Waals surface area contributed by atoms with E-state index in [1.54, 1.807) is 10.9 Å². The molecular formula is C14H18N4O2. The van der Waals surface area contributed by atoms with Crippen molar-refractivity contribution in [1.82, 2.24) is 20.4 Å². The first-order chi connectivity index (χ1) is 9.79. The molecule has 3 N–H and O–H groups in total. The van der Waals surface area contributed by atoms with Gasteiger partial charge in [0.15, 0.2) is 0 Å². The minimum Gasteiger partial charge on any atom is -0.395 e. The zero-order valence-corrected chi connectivity index (χ0v) is 11.1. The van der Waals surface area contributed by atoms with Gasteiger partial charge in [-0.15, -0.1) is 0 Å². The highest BCUT2D eigenvalue weighted by Gasteiger charge is 2.02. The molecule has 20 heavy (non-hydrogen) atoms. The summed E-state index contributed by atoms with van der Waals surface area (Å²) in [5.74, 6) is 0. The molecule has 0 fully saturated rings. The largest absolute Gasteiger partial charge is 0.395 e. The van der Waals surface area contributed by atoms with Gasteiger partial charge in [0, 0.05) is 19.3 Å². The minimum absolute atomic E-state index is 0.0583. The number of benzene rings is 1. The van der Waals surface area contributed by atoms with Gasteiger partial charge in [-0.05, 0) is 24.1 Å². The van der Waals surface area contributed by atoms with E-state index in [-0.39, 0.29) is 19.2 Å². The van der Waals surface area contributed by atoms with Gasteiger partial charge in [-0.3, -0.25) is 0 Å². The molecule has 0 bridgehead atoms. The van der Waals surface area contributed by atoms with Crippen molar-refractivity contribution in [2.45, 2.75) is 6.42 Å². The molecule has 1 aromatic carbocycles. The van der Waals surface area contributed by atoms with E-state index < -0.39 is 0 Å². The van der Waals surface area contributed by atoms with Crippen molar-refractivity contribution < 1.29 is 9.90 Å². The summed E-state index contributed by atoms with van der Waals surface area (Å²) < 4.78 is 1.81. The van der Waals surface area contributed by atoms with Gasteiger partial charge < -0.3 is 15.7 Å². The van der Waals surface area contributed by atoms with E-state index in [9.17, 15) is 4.79 Å². The van der Waals surface area contributed by atoms with Gasteiger partial charge >= 0.3 is 6.03 Å². The van der Waals surface area contributed by atoms with Crippen LogP contribution in [0.4, 0.5) is 4.79 Å². The molecule has 0 spiro atoms. The number of carbonyl (C=O) groups excluding carboxylic acids is 1. The van der Waals surface area contributed by atoms with Gasteiger partial charge in [0.1, 0.15) is 0 Å². The maximum Gasteiger partial charge on any atom is 0.314 e. The van der Waals surface area contributed by atoms with E-state index in [1.807, 2.05) is 36.5 Å². The van der Waals surface area contributed by atoms with Crippen molar-refractivity contribution >= 4 is 6.03 Å². The molecule has 0 saturated heterocycles. The van der Waals surface area contributed by atoms with Gasteiger partial charge in [-0.25, -0.2) is 9.48 Å². The van der Waals surface area contributed by atoms with Crippen LogP contribution in [0.1, 0.15) is 5.56 Å². The van der Waals surface area contributed by atoms with Crippen LogP contribution in [0.25, 0.3) is 5.69 Å².